The number of pyridine rings is 1. The molecule has 3 heterocycles. The van der Waals surface area contributed by atoms with Gasteiger partial charge in [0, 0.05) is 49.7 Å². The SMILES string of the molecule is Cn1cc(-c2cnc(N)c(C(=O)N[C@@H]3CCN(C(=O)Oc4ccccc4)C3)c2)cn1. The van der Waals surface area contributed by atoms with Crippen LogP contribution in [0.1, 0.15) is 16.8 Å². The van der Waals surface area contributed by atoms with Crippen molar-refractivity contribution in [1.82, 2.24) is 25.0 Å². The molecule has 1 saturated heterocycles. The molecule has 154 valence electrons. The fraction of sp³-hybridized carbons (Fsp3) is 0.238. The number of nitrogen functional groups attached to an aromatic ring is 1. The molecule has 2 aromatic heterocycles. The van der Waals surface area contributed by atoms with E-state index in [1.165, 1.54) is 0 Å². The number of aromatic nitrogens is 3. The smallest absolute Gasteiger partial charge is 0.410 e. The van der Waals surface area contributed by atoms with Gasteiger partial charge in [-0.15, -0.1) is 0 Å². The Morgan fingerprint density at radius 1 is 1.20 bits per heavy atom. The van der Waals surface area contributed by atoms with Gasteiger partial charge in [0.25, 0.3) is 5.91 Å². The molecule has 1 aliphatic heterocycles. The van der Waals surface area contributed by atoms with Crippen LogP contribution in [0.25, 0.3) is 11.1 Å². The van der Waals surface area contributed by atoms with Crippen molar-refractivity contribution in [1.29, 1.82) is 0 Å². The third-order valence-electron chi connectivity index (χ3n) is 4.93. The second kappa shape index (κ2) is 8.24. The number of carbonyl (C=O) groups excluding carboxylic acids is 2. The molecular weight excluding hydrogens is 384 g/mol. The lowest BCUT2D eigenvalue weighted by Crippen LogP contribution is -2.39. The van der Waals surface area contributed by atoms with Gasteiger partial charge < -0.3 is 20.7 Å². The van der Waals surface area contributed by atoms with Gasteiger partial charge in [-0.3, -0.25) is 9.48 Å². The van der Waals surface area contributed by atoms with Crippen molar-refractivity contribution < 1.29 is 14.3 Å². The van der Waals surface area contributed by atoms with Gasteiger partial charge in [0.15, 0.2) is 0 Å². The van der Waals surface area contributed by atoms with Crippen molar-refractivity contribution in [3.05, 3.63) is 60.6 Å². The van der Waals surface area contributed by atoms with Gasteiger partial charge in [-0.2, -0.15) is 5.10 Å². The maximum Gasteiger partial charge on any atom is 0.415 e. The summed E-state index contributed by atoms with van der Waals surface area (Å²) in [6.07, 6.45) is 5.34. The van der Waals surface area contributed by atoms with Gasteiger partial charge in [0.05, 0.1) is 11.8 Å². The van der Waals surface area contributed by atoms with Crippen molar-refractivity contribution >= 4 is 17.8 Å². The fourth-order valence-electron chi connectivity index (χ4n) is 3.35. The summed E-state index contributed by atoms with van der Waals surface area (Å²) in [7, 11) is 1.82. The predicted octanol–water partition coefficient (Wildman–Crippen LogP) is 2.07. The van der Waals surface area contributed by atoms with E-state index in [4.69, 9.17) is 10.5 Å². The summed E-state index contributed by atoms with van der Waals surface area (Å²) in [6, 6.07) is 10.4. The number of carbonyl (C=O) groups is 2. The van der Waals surface area contributed by atoms with E-state index in [1.807, 2.05) is 19.3 Å². The third-order valence-corrected chi connectivity index (χ3v) is 4.93. The van der Waals surface area contributed by atoms with E-state index in [0.717, 1.165) is 11.1 Å². The number of anilines is 1. The van der Waals surface area contributed by atoms with Crippen LogP contribution in [0.15, 0.2) is 55.0 Å². The molecule has 1 aliphatic rings. The first-order chi connectivity index (χ1) is 14.5. The van der Waals surface area contributed by atoms with Crippen LogP contribution in [-0.2, 0) is 7.05 Å². The zero-order valence-electron chi connectivity index (χ0n) is 16.5. The Kier molecular flexibility index (Phi) is 5.34. The van der Waals surface area contributed by atoms with Crippen molar-refractivity contribution in [3.8, 4) is 16.9 Å². The number of para-hydroxylation sites is 1. The van der Waals surface area contributed by atoms with Gasteiger partial charge >= 0.3 is 6.09 Å². The summed E-state index contributed by atoms with van der Waals surface area (Å²) < 4.78 is 7.03. The zero-order valence-corrected chi connectivity index (χ0v) is 16.5. The summed E-state index contributed by atoms with van der Waals surface area (Å²) in [5.74, 6) is 0.313. The average Bonchev–Trinajstić information content (AvgIpc) is 3.38. The molecule has 9 heteroatoms. The topological polar surface area (TPSA) is 115 Å². The summed E-state index contributed by atoms with van der Waals surface area (Å²) in [5, 5.41) is 7.08. The van der Waals surface area contributed by atoms with Crippen molar-refractivity contribution in [2.45, 2.75) is 12.5 Å². The largest absolute Gasteiger partial charge is 0.415 e. The summed E-state index contributed by atoms with van der Waals surface area (Å²) in [5.41, 5.74) is 7.82. The number of likely N-dealkylation sites (tertiary alicyclic amines) is 1. The normalized spacial score (nSPS) is 15.8. The average molecular weight is 406 g/mol. The Labute approximate surface area is 173 Å². The number of benzene rings is 1. The Morgan fingerprint density at radius 3 is 2.73 bits per heavy atom. The highest BCUT2D eigenvalue weighted by Crippen LogP contribution is 2.22. The molecule has 0 radical (unpaired) electrons. The van der Waals surface area contributed by atoms with Crippen molar-refractivity contribution in [2.75, 3.05) is 18.8 Å². The number of ether oxygens (including phenoxy) is 1. The van der Waals surface area contributed by atoms with Gasteiger partial charge in [-0.1, -0.05) is 18.2 Å². The van der Waals surface area contributed by atoms with Crippen molar-refractivity contribution in [2.24, 2.45) is 7.05 Å². The number of rotatable bonds is 4. The number of amides is 2. The molecule has 0 aliphatic carbocycles. The molecular formula is C21H22N6O3. The summed E-state index contributed by atoms with van der Waals surface area (Å²) in [6.45, 7) is 0.868. The zero-order chi connectivity index (χ0) is 21.1. The first-order valence-corrected chi connectivity index (χ1v) is 9.57. The molecule has 1 aromatic carbocycles. The minimum atomic E-state index is -0.433. The standard InChI is InChI=1S/C21H22N6O3/c1-26-12-15(11-24-26)14-9-18(19(22)23-10-14)20(28)25-16-7-8-27(13-16)21(29)30-17-5-3-2-4-6-17/h2-6,9-12,16H,7-8,13H2,1H3,(H2,22,23)(H,25,28)/t16-/m1/s1. The van der Waals surface area contributed by atoms with E-state index in [0.29, 0.717) is 30.8 Å². The van der Waals surface area contributed by atoms with E-state index in [-0.39, 0.29) is 17.8 Å². The predicted molar refractivity (Wildman–Crippen MR) is 111 cm³/mol. The third kappa shape index (κ3) is 4.24. The first kappa shape index (κ1) is 19.4. The van der Waals surface area contributed by atoms with Crippen LogP contribution in [0.4, 0.5) is 10.6 Å². The van der Waals surface area contributed by atoms with Crippen LogP contribution in [0.2, 0.25) is 0 Å². The molecule has 3 N–H and O–H groups in total. The van der Waals surface area contributed by atoms with E-state index in [2.05, 4.69) is 15.4 Å². The molecule has 4 rings (SSSR count). The monoisotopic (exact) mass is 406 g/mol. The number of nitrogens with zero attached hydrogens (tertiary/aromatic N) is 4. The molecule has 9 nitrogen and oxygen atoms in total. The lowest BCUT2D eigenvalue weighted by atomic mass is 10.1. The maximum absolute atomic E-state index is 12.8. The van der Waals surface area contributed by atoms with Gasteiger partial charge in [0.2, 0.25) is 0 Å². The minimum Gasteiger partial charge on any atom is -0.410 e. The second-order valence-electron chi connectivity index (χ2n) is 7.15. The highest BCUT2D eigenvalue weighted by atomic mass is 16.6. The number of nitrogens with one attached hydrogen (secondary N) is 1. The molecule has 0 unspecified atom stereocenters. The van der Waals surface area contributed by atoms with Crippen LogP contribution >= 0.6 is 0 Å². The highest BCUT2D eigenvalue weighted by Gasteiger charge is 2.29. The molecule has 1 fully saturated rings. The van der Waals surface area contributed by atoms with E-state index in [1.54, 1.807) is 52.3 Å². The second-order valence-corrected chi connectivity index (χ2v) is 7.15. The van der Waals surface area contributed by atoms with E-state index >= 15 is 0 Å². The van der Waals surface area contributed by atoms with Crippen LogP contribution in [0.3, 0.4) is 0 Å². The summed E-state index contributed by atoms with van der Waals surface area (Å²) >= 11 is 0. The van der Waals surface area contributed by atoms with Crippen LogP contribution in [0.5, 0.6) is 5.75 Å². The number of hydrogen-bond donors (Lipinski definition) is 2. The fourth-order valence-corrected chi connectivity index (χ4v) is 3.35. The van der Waals surface area contributed by atoms with Gasteiger partial charge in [-0.25, -0.2) is 9.78 Å². The molecule has 30 heavy (non-hydrogen) atoms. The highest BCUT2D eigenvalue weighted by molar-refractivity contribution is 5.99. The van der Waals surface area contributed by atoms with Crippen molar-refractivity contribution in [3.63, 3.8) is 0 Å². The number of aryl methyl sites for hydroxylation is 1. The van der Waals surface area contributed by atoms with Gasteiger partial charge in [0.1, 0.15) is 11.6 Å². The quantitative estimate of drug-likeness (QED) is 0.685. The summed E-state index contributed by atoms with van der Waals surface area (Å²) in [4.78, 5) is 30.8. The Balaban J connectivity index is 1.39. The Bertz CT molecular complexity index is 1070. The van der Waals surface area contributed by atoms with E-state index < -0.39 is 6.09 Å². The first-order valence-electron chi connectivity index (χ1n) is 9.57. The van der Waals surface area contributed by atoms with Crippen LogP contribution < -0.4 is 15.8 Å². The van der Waals surface area contributed by atoms with Crippen LogP contribution in [-0.4, -0.2) is 50.8 Å². The molecule has 3 aromatic rings. The molecule has 0 bridgehead atoms. The Hall–Kier alpha value is -3.88. The molecule has 0 spiro atoms. The Morgan fingerprint density at radius 2 is 2.00 bits per heavy atom. The van der Waals surface area contributed by atoms with E-state index in [9.17, 15) is 9.59 Å². The van der Waals surface area contributed by atoms with Crippen LogP contribution in [0, 0.1) is 0 Å². The number of nitrogens with two attached hydrogens (primary N) is 1. The maximum atomic E-state index is 12.8. The molecule has 2 amide bonds. The molecule has 0 saturated carbocycles. The number of hydrogen-bond acceptors (Lipinski definition) is 6. The lowest BCUT2D eigenvalue weighted by molar-refractivity contribution is 0.0937. The lowest BCUT2D eigenvalue weighted by Gasteiger charge is -2.17. The minimum absolute atomic E-state index is 0.151. The molecule has 1 atom stereocenters. The van der Waals surface area contributed by atoms with Gasteiger partial charge in [-0.05, 0) is 24.6 Å².